The standard InChI is InChI=1S/C11H15N3O4/c1-2-3-7-4-9(13-6-12-7)14-8(11(17)18)5-10(15)16/h4,6,8H,2-3,5H2,1H3,(H,15,16)(H,17,18)(H,12,13,14). The summed E-state index contributed by atoms with van der Waals surface area (Å²) >= 11 is 0. The minimum Gasteiger partial charge on any atom is -0.481 e. The quantitative estimate of drug-likeness (QED) is 0.657. The second-order valence-corrected chi connectivity index (χ2v) is 3.78. The maximum atomic E-state index is 10.9. The van der Waals surface area contributed by atoms with Gasteiger partial charge in [-0.2, -0.15) is 0 Å². The Bertz CT molecular complexity index is 436. The normalized spacial score (nSPS) is 11.8. The van der Waals surface area contributed by atoms with Gasteiger partial charge in [-0.05, 0) is 6.42 Å². The Morgan fingerprint density at radius 2 is 2.11 bits per heavy atom. The molecule has 0 saturated heterocycles. The zero-order valence-electron chi connectivity index (χ0n) is 9.96. The van der Waals surface area contributed by atoms with Gasteiger partial charge in [-0.1, -0.05) is 13.3 Å². The molecule has 0 aliphatic carbocycles. The van der Waals surface area contributed by atoms with Crippen LogP contribution in [0.2, 0.25) is 0 Å². The molecule has 3 N–H and O–H groups in total. The molecule has 0 radical (unpaired) electrons. The number of carboxylic acids is 2. The van der Waals surface area contributed by atoms with E-state index >= 15 is 0 Å². The smallest absolute Gasteiger partial charge is 0.326 e. The van der Waals surface area contributed by atoms with E-state index in [1.165, 1.54) is 6.33 Å². The lowest BCUT2D eigenvalue weighted by Gasteiger charge is -2.13. The second kappa shape index (κ2) is 6.53. The van der Waals surface area contributed by atoms with Gasteiger partial charge in [0.05, 0.1) is 6.42 Å². The SMILES string of the molecule is CCCc1cc(NC(CC(=O)O)C(=O)O)ncn1. The monoisotopic (exact) mass is 253 g/mol. The molecule has 1 unspecified atom stereocenters. The summed E-state index contributed by atoms with van der Waals surface area (Å²) in [6, 6.07) is 0.424. The molecule has 0 aromatic carbocycles. The maximum absolute atomic E-state index is 10.9. The molecule has 0 bridgehead atoms. The second-order valence-electron chi connectivity index (χ2n) is 3.78. The highest BCUT2D eigenvalue weighted by Gasteiger charge is 2.21. The van der Waals surface area contributed by atoms with Crippen LogP contribution in [0.4, 0.5) is 5.82 Å². The van der Waals surface area contributed by atoms with Gasteiger partial charge in [-0.25, -0.2) is 14.8 Å². The first-order chi connectivity index (χ1) is 8.52. The molecule has 1 heterocycles. The molecule has 98 valence electrons. The number of aliphatic carboxylic acids is 2. The van der Waals surface area contributed by atoms with Gasteiger partial charge in [0.15, 0.2) is 0 Å². The van der Waals surface area contributed by atoms with Gasteiger partial charge in [0.25, 0.3) is 0 Å². The molecule has 1 aromatic rings. The van der Waals surface area contributed by atoms with Crippen molar-refractivity contribution in [2.24, 2.45) is 0 Å². The van der Waals surface area contributed by atoms with Crippen LogP contribution in [0.15, 0.2) is 12.4 Å². The fourth-order valence-corrected chi connectivity index (χ4v) is 1.42. The van der Waals surface area contributed by atoms with Crippen molar-refractivity contribution in [1.29, 1.82) is 0 Å². The molecule has 1 atom stereocenters. The van der Waals surface area contributed by atoms with Crippen LogP contribution in [-0.2, 0) is 16.0 Å². The number of hydrogen-bond donors (Lipinski definition) is 3. The molecule has 0 amide bonds. The molecule has 0 aliphatic rings. The minimum absolute atomic E-state index is 0.321. The van der Waals surface area contributed by atoms with Crippen LogP contribution in [0, 0.1) is 0 Å². The van der Waals surface area contributed by atoms with Gasteiger partial charge in [0.2, 0.25) is 0 Å². The number of aryl methyl sites for hydroxylation is 1. The number of nitrogens with one attached hydrogen (secondary N) is 1. The fraction of sp³-hybridized carbons (Fsp3) is 0.455. The number of anilines is 1. The fourth-order valence-electron chi connectivity index (χ4n) is 1.42. The molecule has 1 aromatic heterocycles. The van der Waals surface area contributed by atoms with E-state index in [0.717, 1.165) is 18.5 Å². The highest BCUT2D eigenvalue weighted by atomic mass is 16.4. The van der Waals surface area contributed by atoms with E-state index in [4.69, 9.17) is 10.2 Å². The first kappa shape index (κ1) is 13.9. The van der Waals surface area contributed by atoms with Crippen molar-refractivity contribution in [3.05, 3.63) is 18.1 Å². The van der Waals surface area contributed by atoms with E-state index in [0.29, 0.717) is 5.82 Å². The summed E-state index contributed by atoms with van der Waals surface area (Å²) in [7, 11) is 0. The Morgan fingerprint density at radius 1 is 1.39 bits per heavy atom. The largest absolute Gasteiger partial charge is 0.481 e. The zero-order valence-corrected chi connectivity index (χ0v) is 9.96. The van der Waals surface area contributed by atoms with Crippen molar-refractivity contribution in [2.75, 3.05) is 5.32 Å². The predicted octanol–water partition coefficient (Wildman–Crippen LogP) is 0.769. The zero-order chi connectivity index (χ0) is 13.5. The summed E-state index contributed by atoms with van der Waals surface area (Å²) in [5.41, 5.74) is 0.787. The van der Waals surface area contributed by atoms with E-state index in [1.54, 1.807) is 6.07 Å². The number of carboxylic acid groups (broad SMARTS) is 2. The van der Waals surface area contributed by atoms with Crippen molar-refractivity contribution < 1.29 is 19.8 Å². The van der Waals surface area contributed by atoms with Crippen molar-refractivity contribution in [1.82, 2.24) is 9.97 Å². The van der Waals surface area contributed by atoms with Crippen LogP contribution in [0.3, 0.4) is 0 Å². The first-order valence-electron chi connectivity index (χ1n) is 5.55. The van der Waals surface area contributed by atoms with Crippen molar-refractivity contribution in [3.63, 3.8) is 0 Å². The Balaban J connectivity index is 2.76. The molecule has 1 rings (SSSR count). The third-order valence-corrected chi connectivity index (χ3v) is 2.23. The molecule has 7 heteroatoms. The number of nitrogens with zero attached hydrogens (tertiary/aromatic N) is 2. The highest BCUT2D eigenvalue weighted by molar-refractivity contribution is 5.83. The van der Waals surface area contributed by atoms with Gasteiger partial charge >= 0.3 is 11.9 Å². The Hall–Kier alpha value is -2.18. The van der Waals surface area contributed by atoms with Crippen molar-refractivity contribution in [2.45, 2.75) is 32.2 Å². The number of hydrogen-bond acceptors (Lipinski definition) is 5. The lowest BCUT2D eigenvalue weighted by molar-refractivity contribution is -0.144. The summed E-state index contributed by atoms with van der Waals surface area (Å²) in [5, 5.41) is 20.1. The molecule has 0 aliphatic heterocycles. The van der Waals surface area contributed by atoms with Gasteiger partial charge < -0.3 is 15.5 Å². The maximum Gasteiger partial charge on any atom is 0.326 e. The lowest BCUT2D eigenvalue weighted by atomic mass is 10.2. The number of aromatic nitrogens is 2. The summed E-state index contributed by atoms with van der Waals surface area (Å²) in [6.45, 7) is 2.00. The van der Waals surface area contributed by atoms with Crippen LogP contribution in [0.25, 0.3) is 0 Å². The molecule has 0 fully saturated rings. The van der Waals surface area contributed by atoms with E-state index in [-0.39, 0.29) is 0 Å². The third kappa shape index (κ3) is 4.36. The first-order valence-corrected chi connectivity index (χ1v) is 5.55. The number of rotatable bonds is 7. The van der Waals surface area contributed by atoms with E-state index in [1.807, 2.05) is 6.92 Å². The van der Waals surface area contributed by atoms with Gasteiger partial charge in [0, 0.05) is 11.8 Å². The molecular weight excluding hydrogens is 238 g/mol. The van der Waals surface area contributed by atoms with E-state index in [2.05, 4.69) is 15.3 Å². The average molecular weight is 253 g/mol. The summed E-state index contributed by atoms with van der Waals surface area (Å²) in [6.07, 6.45) is 2.48. The van der Waals surface area contributed by atoms with Crippen LogP contribution in [0.1, 0.15) is 25.5 Å². The van der Waals surface area contributed by atoms with Gasteiger partial charge in [0.1, 0.15) is 18.2 Å². The van der Waals surface area contributed by atoms with E-state index in [9.17, 15) is 9.59 Å². The molecule has 0 saturated carbocycles. The van der Waals surface area contributed by atoms with Crippen molar-refractivity contribution in [3.8, 4) is 0 Å². The minimum atomic E-state index is -1.23. The van der Waals surface area contributed by atoms with Crippen LogP contribution >= 0.6 is 0 Å². The lowest BCUT2D eigenvalue weighted by Crippen LogP contribution is -2.32. The van der Waals surface area contributed by atoms with Gasteiger partial charge in [-0.15, -0.1) is 0 Å². The molecular formula is C11H15N3O4. The van der Waals surface area contributed by atoms with Crippen LogP contribution in [-0.4, -0.2) is 38.2 Å². The Kier molecular flexibility index (Phi) is 5.04. The average Bonchev–Trinajstić information content (AvgIpc) is 2.28. The summed E-state index contributed by atoms with van der Waals surface area (Å²) in [5.74, 6) is -2.09. The molecule has 7 nitrogen and oxygen atoms in total. The summed E-state index contributed by atoms with van der Waals surface area (Å²) < 4.78 is 0. The van der Waals surface area contributed by atoms with E-state index < -0.39 is 24.4 Å². The molecule has 0 spiro atoms. The highest BCUT2D eigenvalue weighted by Crippen LogP contribution is 2.09. The Labute approximate surface area is 104 Å². The predicted molar refractivity (Wildman–Crippen MR) is 63.3 cm³/mol. The van der Waals surface area contributed by atoms with Gasteiger partial charge in [-0.3, -0.25) is 4.79 Å². The Morgan fingerprint density at radius 3 is 2.67 bits per heavy atom. The molecule has 18 heavy (non-hydrogen) atoms. The van der Waals surface area contributed by atoms with Crippen LogP contribution < -0.4 is 5.32 Å². The van der Waals surface area contributed by atoms with Crippen molar-refractivity contribution >= 4 is 17.8 Å². The number of carbonyl (C=O) groups is 2. The third-order valence-electron chi connectivity index (χ3n) is 2.23. The topological polar surface area (TPSA) is 112 Å². The van der Waals surface area contributed by atoms with Crippen LogP contribution in [0.5, 0.6) is 0 Å². The summed E-state index contributed by atoms with van der Waals surface area (Å²) in [4.78, 5) is 29.3.